The minimum absolute atomic E-state index is 0.484. The number of benzene rings is 1. The van der Waals surface area contributed by atoms with Crippen LogP contribution in [0.4, 0.5) is 5.95 Å². The van der Waals surface area contributed by atoms with E-state index < -0.39 is 0 Å². The SMILES string of the molecule is COC[C@@H]1CCCN(c2nncc(-c3cc(OC)c(OC)c(OC)c3)n2)C1. The second-order valence-electron chi connectivity index (χ2n) is 6.47. The summed E-state index contributed by atoms with van der Waals surface area (Å²) >= 11 is 0. The maximum atomic E-state index is 5.44. The molecule has 8 nitrogen and oxygen atoms in total. The van der Waals surface area contributed by atoms with Gasteiger partial charge in [0.15, 0.2) is 11.5 Å². The lowest BCUT2D eigenvalue weighted by atomic mass is 9.99. The second kappa shape index (κ2) is 8.85. The van der Waals surface area contributed by atoms with E-state index in [1.807, 2.05) is 12.1 Å². The molecule has 1 saturated heterocycles. The summed E-state index contributed by atoms with van der Waals surface area (Å²) in [6.07, 6.45) is 3.89. The number of nitrogens with zero attached hydrogens (tertiary/aromatic N) is 4. The lowest BCUT2D eigenvalue weighted by Gasteiger charge is -2.32. The van der Waals surface area contributed by atoms with E-state index in [0.717, 1.165) is 38.1 Å². The Kier molecular flexibility index (Phi) is 6.28. The third kappa shape index (κ3) is 4.21. The number of rotatable bonds is 7. The maximum Gasteiger partial charge on any atom is 0.245 e. The molecule has 2 heterocycles. The molecule has 0 aliphatic carbocycles. The fourth-order valence-corrected chi connectivity index (χ4v) is 3.41. The number of hydrogen-bond donors (Lipinski definition) is 0. The number of hydrogen-bond acceptors (Lipinski definition) is 8. The fourth-order valence-electron chi connectivity index (χ4n) is 3.41. The molecule has 27 heavy (non-hydrogen) atoms. The molecule has 146 valence electrons. The molecule has 1 aromatic heterocycles. The normalized spacial score (nSPS) is 16.9. The molecule has 1 aliphatic rings. The lowest BCUT2D eigenvalue weighted by Crippen LogP contribution is -2.38. The quantitative estimate of drug-likeness (QED) is 0.731. The minimum atomic E-state index is 0.484. The minimum Gasteiger partial charge on any atom is -0.493 e. The molecule has 0 radical (unpaired) electrons. The summed E-state index contributed by atoms with van der Waals surface area (Å²) in [5.41, 5.74) is 1.53. The van der Waals surface area contributed by atoms with Gasteiger partial charge in [-0.3, -0.25) is 0 Å². The van der Waals surface area contributed by atoms with Gasteiger partial charge in [-0.05, 0) is 30.9 Å². The predicted octanol–water partition coefficient (Wildman–Crippen LogP) is 2.43. The van der Waals surface area contributed by atoms with Crippen LogP contribution in [0.2, 0.25) is 0 Å². The van der Waals surface area contributed by atoms with Crippen molar-refractivity contribution < 1.29 is 18.9 Å². The third-order valence-electron chi connectivity index (χ3n) is 4.71. The van der Waals surface area contributed by atoms with Gasteiger partial charge in [-0.1, -0.05) is 0 Å². The highest BCUT2D eigenvalue weighted by Gasteiger charge is 2.23. The van der Waals surface area contributed by atoms with Crippen LogP contribution >= 0.6 is 0 Å². The summed E-state index contributed by atoms with van der Waals surface area (Å²) in [5.74, 6) is 2.80. The van der Waals surface area contributed by atoms with Gasteiger partial charge in [0.25, 0.3) is 0 Å². The van der Waals surface area contributed by atoms with Gasteiger partial charge in [0.2, 0.25) is 11.7 Å². The van der Waals surface area contributed by atoms with Gasteiger partial charge in [-0.2, -0.15) is 5.10 Å². The Hall–Kier alpha value is -2.61. The first-order valence-electron chi connectivity index (χ1n) is 8.94. The van der Waals surface area contributed by atoms with Crippen LogP contribution in [0.15, 0.2) is 18.3 Å². The van der Waals surface area contributed by atoms with E-state index in [9.17, 15) is 0 Å². The zero-order chi connectivity index (χ0) is 19.2. The van der Waals surface area contributed by atoms with Crippen molar-refractivity contribution in [3.8, 4) is 28.5 Å². The highest BCUT2D eigenvalue weighted by molar-refractivity contribution is 5.68. The molecule has 1 aromatic carbocycles. The van der Waals surface area contributed by atoms with Crippen molar-refractivity contribution in [1.82, 2.24) is 15.2 Å². The molecule has 1 fully saturated rings. The van der Waals surface area contributed by atoms with Crippen LogP contribution < -0.4 is 19.1 Å². The standard InChI is InChI=1S/C19H26N4O4/c1-24-12-13-6-5-7-23(11-13)19-21-15(10-20-22-19)14-8-16(25-2)18(27-4)17(9-14)26-3/h8-10,13H,5-7,11-12H2,1-4H3/t13-/m1/s1. The maximum absolute atomic E-state index is 5.44. The van der Waals surface area contributed by atoms with Gasteiger partial charge in [0, 0.05) is 25.8 Å². The second-order valence-corrected chi connectivity index (χ2v) is 6.47. The van der Waals surface area contributed by atoms with Gasteiger partial charge in [-0.15, -0.1) is 5.10 Å². The molecule has 2 aromatic rings. The van der Waals surface area contributed by atoms with Gasteiger partial charge in [0.1, 0.15) is 0 Å². The average Bonchev–Trinajstić information content (AvgIpc) is 2.73. The molecule has 0 amide bonds. The highest BCUT2D eigenvalue weighted by atomic mass is 16.5. The van der Waals surface area contributed by atoms with Crippen LogP contribution in [-0.2, 0) is 4.74 Å². The van der Waals surface area contributed by atoms with Crippen LogP contribution in [0.3, 0.4) is 0 Å². The van der Waals surface area contributed by atoms with Crippen molar-refractivity contribution in [1.29, 1.82) is 0 Å². The van der Waals surface area contributed by atoms with Gasteiger partial charge in [0.05, 0.1) is 39.8 Å². The molecule has 0 spiro atoms. The summed E-state index contributed by atoms with van der Waals surface area (Å²) in [4.78, 5) is 6.90. The van der Waals surface area contributed by atoms with Crippen LogP contribution in [0, 0.1) is 5.92 Å². The largest absolute Gasteiger partial charge is 0.493 e. The summed E-state index contributed by atoms with van der Waals surface area (Å²) < 4.78 is 21.6. The van der Waals surface area contributed by atoms with E-state index in [0.29, 0.717) is 34.8 Å². The van der Waals surface area contributed by atoms with Gasteiger partial charge < -0.3 is 23.8 Å². The molecular weight excluding hydrogens is 348 g/mol. The molecule has 8 heteroatoms. The number of methoxy groups -OCH3 is 4. The zero-order valence-corrected chi connectivity index (χ0v) is 16.3. The van der Waals surface area contributed by atoms with Gasteiger partial charge >= 0.3 is 0 Å². The van der Waals surface area contributed by atoms with Crippen molar-refractivity contribution in [2.45, 2.75) is 12.8 Å². The van der Waals surface area contributed by atoms with E-state index in [1.54, 1.807) is 34.6 Å². The Labute approximate surface area is 159 Å². The van der Waals surface area contributed by atoms with Crippen LogP contribution in [0.1, 0.15) is 12.8 Å². The Morgan fingerprint density at radius 3 is 2.44 bits per heavy atom. The third-order valence-corrected chi connectivity index (χ3v) is 4.71. The number of ether oxygens (including phenoxy) is 4. The lowest BCUT2D eigenvalue weighted by molar-refractivity contribution is 0.143. The smallest absolute Gasteiger partial charge is 0.245 e. The summed E-state index contributed by atoms with van der Waals surface area (Å²) in [7, 11) is 6.50. The molecule has 3 rings (SSSR count). The summed E-state index contributed by atoms with van der Waals surface area (Å²) in [6.45, 7) is 2.53. The van der Waals surface area contributed by atoms with Crippen LogP contribution in [0.5, 0.6) is 17.2 Å². The Morgan fingerprint density at radius 1 is 1.07 bits per heavy atom. The molecular formula is C19H26N4O4. The Balaban J connectivity index is 1.91. The van der Waals surface area contributed by atoms with Crippen molar-refractivity contribution >= 4 is 5.95 Å². The van der Waals surface area contributed by atoms with E-state index in [-0.39, 0.29) is 0 Å². The van der Waals surface area contributed by atoms with E-state index in [4.69, 9.17) is 23.9 Å². The zero-order valence-electron chi connectivity index (χ0n) is 16.3. The predicted molar refractivity (Wildman–Crippen MR) is 102 cm³/mol. The Bertz CT molecular complexity index is 744. The first-order valence-corrected chi connectivity index (χ1v) is 8.94. The van der Waals surface area contributed by atoms with E-state index in [1.165, 1.54) is 0 Å². The van der Waals surface area contributed by atoms with Crippen LogP contribution in [0.25, 0.3) is 11.3 Å². The summed E-state index contributed by atoms with van der Waals surface area (Å²) in [6, 6.07) is 3.72. The highest BCUT2D eigenvalue weighted by Crippen LogP contribution is 2.40. The topological polar surface area (TPSA) is 78.8 Å². The van der Waals surface area contributed by atoms with E-state index >= 15 is 0 Å². The monoisotopic (exact) mass is 374 g/mol. The van der Waals surface area contributed by atoms with Crippen molar-refractivity contribution in [3.05, 3.63) is 18.3 Å². The number of anilines is 1. The molecule has 1 aliphatic heterocycles. The number of aromatic nitrogens is 3. The number of piperidine rings is 1. The first kappa shape index (κ1) is 19.2. The van der Waals surface area contributed by atoms with E-state index in [2.05, 4.69) is 15.1 Å². The van der Waals surface area contributed by atoms with Crippen LogP contribution in [-0.4, -0.2) is 63.3 Å². The fraction of sp³-hybridized carbons (Fsp3) is 0.526. The molecule has 1 atom stereocenters. The van der Waals surface area contributed by atoms with Crippen molar-refractivity contribution in [2.75, 3.05) is 53.0 Å². The average molecular weight is 374 g/mol. The first-order chi connectivity index (χ1) is 13.2. The molecule has 0 saturated carbocycles. The van der Waals surface area contributed by atoms with Crippen molar-refractivity contribution in [2.24, 2.45) is 5.92 Å². The Morgan fingerprint density at radius 2 is 1.81 bits per heavy atom. The molecule has 0 unspecified atom stereocenters. The molecule has 0 bridgehead atoms. The molecule has 0 N–H and O–H groups in total. The summed E-state index contributed by atoms with van der Waals surface area (Å²) in [5, 5.41) is 8.40. The van der Waals surface area contributed by atoms with Crippen molar-refractivity contribution in [3.63, 3.8) is 0 Å². The van der Waals surface area contributed by atoms with Gasteiger partial charge in [-0.25, -0.2) is 4.98 Å².